The number of nitrogens with zero attached hydrogens (tertiary/aromatic N) is 9. The van der Waals surface area contributed by atoms with Gasteiger partial charge in [0.2, 0.25) is 17.7 Å². The molecule has 0 bridgehead atoms. The number of piperazine rings is 1. The number of benzene rings is 1. The molecule has 18 heteroatoms. The van der Waals surface area contributed by atoms with Gasteiger partial charge in [-0.3, -0.25) is 29.3 Å². The molecule has 2 atom stereocenters. The van der Waals surface area contributed by atoms with Gasteiger partial charge in [-0.2, -0.15) is 14.6 Å². The predicted octanol–water partition coefficient (Wildman–Crippen LogP) is 4.87. The molecule has 1 aliphatic carbocycles. The standard InChI is InChI=1S/C40H47F2N11O4S/c1-24-23-57-18-17-51(24)32-11-12-52-39(45-32)29(19-43-52)30-21-53(47-36(30)38(41)42)26-7-5-25(6-8-26)20-49-13-15-50(16-14-49)22-34(55)44-31-4-2-3-27-35(48-58-37(27)31)28-9-10-33(54)46-40(28)56/h2-4,11-12,19,21,24-26,28,38H,5-10,13-18,20,22-23H2,1H3,(H,44,55)(H,46,54,56)/t24-,25?,26?,28?/m0/s1. The van der Waals surface area contributed by atoms with E-state index in [1.807, 2.05) is 30.5 Å². The first kappa shape index (κ1) is 38.6. The molecule has 1 unspecified atom stereocenters. The van der Waals surface area contributed by atoms with Crippen LogP contribution in [0.2, 0.25) is 0 Å². The van der Waals surface area contributed by atoms with E-state index in [2.05, 4.69) is 46.8 Å². The summed E-state index contributed by atoms with van der Waals surface area (Å²) in [5.74, 6) is 0.0995. The molecule has 58 heavy (non-hydrogen) atoms. The molecule has 9 rings (SSSR count). The van der Waals surface area contributed by atoms with Crippen LogP contribution in [0.25, 0.3) is 26.9 Å². The highest BCUT2D eigenvalue weighted by atomic mass is 32.1. The Hall–Kier alpha value is -4.91. The predicted molar refractivity (Wildman–Crippen MR) is 214 cm³/mol. The molecular weight excluding hydrogens is 769 g/mol. The summed E-state index contributed by atoms with van der Waals surface area (Å²) in [4.78, 5) is 49.0. The fourth-order valence-electron chi connectivity index (χ4n) is 9.00. The number of hydrogen-bond donors (Lipinski definition) is 2. The first-order chi connectivity index (χ1) is 28.2. The normalized spacial score (nSPS) is 23.9. The van der Waals surface area contributed by atoms with Crippen molar-refractivity contribution in [1.29, 1.82) is 0 Å². The number of piperidine rings is 1. The van der Waals surface area contributed by atoms with Crippen molar-refractivity contribution in [2.75, 3.05) is 69.2 Å². The molecule has 306 valence electrons. The number of carbonyl (C=O) groups excluding carboxylic acids is 3. The molecule has 2 N–H and O–H groups in total. The highest BCUT2D eigenvalue weighted by molar-refractivity contribution is 7.14. The third-order valence-electron chi connectivity index (χ3n) is 12.2. The number of fused-ring (bicyclic) bond motifs is 2. The summed E-state index contributed by atoms with van der Waals surface area (Å²) in [7, 11) is 0. The van der Waals surface area contributed by atoms with Crippen LogP contribution in [0.15, 0.2) is 42.9 Å². The molecule has 5 aromatic rings. The zero-order chi connectivity index (χ0) is 39.9. The van der Waals surface area contributed by atoms with Crippen molar-refractivity contribution in [3.05, 3.63) is 54.2 Å². The molecule has 4 aliphatic rings. The third kappa shape index (κ3) is 7.81. The van der Waals surface area contributed by atoms with Crippen LogP contribution in [-0.2, 0) is 19.1 Å². The van der Waals surface area contributed by atoms with Gasteiger partial charge in [-0.15, -0.1) is 0 Å². The number of nitrogens with one attached hydrogen (secondary N) is 2. The lowest BCUT2D eigenvalue weighted by molar-refractivity contribution is -0.134. The highest BCUT2D eigenvalue weighted by Crippen LogP contribution is 2.39. The van der Waals surface area contributed by atoms with E-state index in [9.17, 15) is 23.2 Å². The van der Waals surface area contributed by atoms with E-state index >= 15 is 0 Å². The average molecular weight is 816 g/mol. The minimum absolute atomic E-state index is 0.0391. The van der Waals surface area contributed by atoms with Crippen LogP contribution in [0.4, 0.5) is 20.3 Å². The second-order valence-corrected chi connectivity index (χ2v) is 16.8. The Morgan fingerprint density at radius 2 is 1.84 bits per heavy atom. The van der Waals surface area contributed by atoms with Gasteiger partial charge in [0.1, 0.15) is 11.5 Å². The van der Waals surface area contributed by atoms with Gasteiger partial charge in [0, 0.05) is 69.0 Å². The van der Waals surface area contributed by atoms with Crippen molar-refractivity contribution < 1.29 is 27.9 Å². The van der Waals surface area contributed by atoms with Gasteiger partial charge in [0.15, 0.2) is 5.65 Å². The molecule has 0 spiro atoms. The average Bonchev–Trinajstić information content (AvgIpc) is 3.97. The van der Waals surface area contributed by atoms with Crippen LogP contribution in [0, 0.1) is 5.92 Å². The van der Waals surface area contributed by atoms with E-state index in [1.54, 1.807) is 21.6 Å². The Morgan fingerprint density at radius 1 is 1.03 bits per heavy atom. The largest absolute Gasteiger partial charge is 0.377 e. The second kappa shape index (κ2) is 16.4. The Morgan fingerprint density at radius 3 is 2.62 bits per heavy atom. The SMILES string of the molecule is C[C@H]1COCCN1c1ccn2ncc(-c3cn(C4CCC(CN5CCN(CC(=O)Nc6cccc7c(C8CCC(=O)NC8=O)nsc67)CC5)CC4)nc3C(F)F)c2n1. The number of imide groups is 1. The molecule has 15 nitrogen and oxygen atoms in total. The Kier molecular flexibility index (Phi) is 10.9. The molecular formula is C40H47F2N11O4S. The molecule has 1 saturated carbocycles. The van der Waals surface area contributed by atoms with Gasteiger partial charge in [0.25, 0.3) is 6.43 Å². The zero-order valence-electron chi connectivity index (χ0n) is 32.4. The summed E-state index contributed by atoms with van der Waals surface area (Å²) >= 11 is 1.25. The van der Waals surface area contributed by atoms with Gasteiger partial charge < -0.3 is 19.9 Å². The molecule has 7 heterocycles. The van der Waals surface area contributed by atoms with Crippen molar-refractivity contribution in [3.8, 4) is 11.1 Å². The van der Waals surface area contributed by atoms with Gasteiger partial charge in [-0.1, -0.05) is 12.1 Å². The minimum atomic E-state index is -2.73. The molecule has 0 radical (unpaired) electrons. The van der Waals surface area contributed by atoms with E-state index in [-0.39, 0.29) is 48.5 Å². The first-order valence-corrected chi connectivity index (χ1v) is 21.0. The molecule has 4 aromatic heterocycles. The first-order valence-electron chi connectivity index (χ1n) is 20.2. The number of morpholine rings is 1. The van der Waals surface area contributed by atoms with Crippen LogP contribution in [0.5, 0.6) is 0 Å². The number of hydrogen-bond acceptors (Lipinski definition) is 12. The summed E-state index contributed by atoms with van der Waals surface area (Å²) in [6.45, 7) is 8.56. The van der Waals surface area contributed by atoms with E-state index in [1.165, 1.54) is 11.5 Å². The second-order valence-electron chi connectivity index (χ2n) is 16.0. The molecule has 3 aliphatic heterocycles. The lowest BCUT2D eigenvalue weighted by Gasteiger charge is -2.38. The van der Waals surface area contributed by atoms with Crippen molar-refractivity contribution in [1.82, 2.24) is 43.9 Å². The Balaban J connectivity index is 0.770. The Labute approximate surface area is 337 Å². The lowest BCUT2D eigenvalue weighted by Crippen LogP contribution is -2.49. The minimum Gasteiger partial charge on any atom is -0.377 e. The molecule has 1 aromatic carbocycles. The topological polar surface area (TPSA) is 155 Å². The van der Waals surface area contributed by atoms with Crippen molar-refractivity contribution >= 4 is 56.5 Å². The quantitative estimate of drug-likeness (QED) is 0.186. The fourth-order valence-corrected chi connectivity index (χ4v) is 9.91. The zero-order valence-corrected chi connectivity index (χ0v) is 33.2. The molecule has 3 saturated heterocycles. The number of aromatic nitrogens is 6. The number of alkyl halides is 2. The number of halogens is 2. The highest BCUT2D eigenvalue weighted by Gasteiger charge is 2.33. The van der Waals surface area contributed by atoms with E-state index in [0.717, 1.165) is 74.3 Å². The number of rotatable bonds is 10. The van der Waals surface area contributed by atoms with E-state index in [4.69, 9.17) is 9.72 Å². The Bertz CT molecular complexity index is 2310. The molecule has 4 fully saturated rings. The van der Waals surface area contributed by atoms with E-state index in [0.29, 0.717) is 60.3 Å². The summed E-state index contributed by atoms with van der Waals surface area (Å²) < 4.78 is 43.3. The van der Waals surface area contributed by atoms with E-state index < -0.39 is 12.3 Å². The van der Waals surface area contributed by atoms with Gasteiger partial charge in [-0.05, 0) is 68.6 Å². The fraction of sp³-hybridized carbons (Fsp3) is 0.525. The molecule has 3 amide bonds. The maximum Gasteiger partial charge on any atom is 0.282 e. The van der Waals surface area contributed by atoms with Crippen LogP contribution < -0.4 is 15.5 Å². The van der Waals surface area contributed by atoms with Crippen molar-refractivity contribution in [3.63, 3.8) is 0 Å². The summed E-state index contributed by atoms with van der Waals surface area (Å²) in [6.07, 6.45) is 6.86. The van der Waals surface area contributed by atoms with Crippen LogP contribution in [-0.4, -0.2) is 121 Å². The van der Waals surface area contributed by atoms with Gasteiger partial charge in [0.05, 0.1) is 65.6 Å². The van der Waals surface area contributed by atoms with Crippen LogP contribution in [0.1, 0.15) is 75.2 Å². The third-order valence-corrected chi connectivity index (χ3v) is 13.1. The number of anilines is 2. The maximum absolute atomic E-state index is 14.5. The van der Waals surface area contributed by atoms with Gasteiger partial charge in [-0.25, -0.2) is 18.3 Å². The summed E-state index contributed by atoms with van der Waals surface area (Å²) in [5, 5.41) is 15.2. The van der Waals surface area contributed by atoms with Crippen molar-refractivity contribution in [2.24, 2.45) is 5.92 Å². The maximum atomic E-state index is 14.5. The summed E-state index contributed by atoms with van der Waals surface area (Å²) in [5.41, 5.74) is 2.52. The van der Waals surface area contributed by atoms with Gasteiger partial charge >= 0.3 is 0 Å². The number of ether oxygens (including phenoxy) is 1. The van der Waals surface area contributed by atoms with Crippen molar-refractivity contribution in [2.45, 2.75) is 69.9 Å². The monoisotopic (exact) mass is 815 g/mol. The lowest BCUT2D eigenvalue weighted by atomic mass is 9.85. The van der Waals surface area contributed by atoms with Crippen LogP contribution >= 0.6 is 11.5 Å². The number of carbonyl (C=O) groups is 3. The smallest absolute Gasteiger partial charge is 0.282 e. The summed E-state index contributed by atoms with van der Waals surface area (Å²) in [6, 6.07) is 7.69. The number of amides is 3. The van der Waals surface area contributed by atoms with Crippen LogP contribution in [0.3, 0.4) is 0 Å².